The maximum Gasteiger partial charge on any atom is 0.238 e. The van der Waals surface area contributed by atoms with Crippen LogP contribution in [0, 0.1) is 0 Å². The van der Waals surface area contributed by atoms with Crippen LogP contribution in [0.25, 0.3) is 117 Å². The lowest BCUT2D eigenvalue weighted by Gasteiger charge is -2.11. The average Bonchev–Trinajstić information content (AvgIpc) is 1.75. The Bertz CT molecular complexity index is 4940. The van der Waals surface area contributed by atoms with Gasteiger partial charge in [-0.25, -0.2) is 4.98 Å². The Hall–Kier alpha value is -7.83. The molecular formula is C51H30N4O2. The van der Waals surface area contributed by atoms with Gasteiger partial charge in [-0.2, -0.15) is 9.97 Å². The highest BCUT2D eigenvalue weighted by atomic mass is 16.3. The molecule has 266 valence electrons. The molecular weight excluding hydrogens is 701 g/mol. The minimum atomic E-state index is -0.943. The van der Waals surface area contributed by atoms with Crippen LogP contribution in [0.5, 0.6) is 0 Å². The summed E-state index contributed by atoms with van der Waals surface area (Å²) in [5, 5.41) is -2.56. The molecule has 12 rings (SSSR count). The highest BCUT2D eigenvalue weighted by Crippen LogP contribution is 2.41. The Labute approximate surface area is 361 Å². The SMILES string of the molecule is [2H]c1c([2H])c([2H])c(-c2c([2H])c([2H])c([2H])c3oc4c([2H])c(-c5nc(-c6c([2H])c([2H])c(-c7ccccc7)c([2H])c6[2H])nc(-n6c7c([2H])c([2H])c([2H])c([2H])c7c7c([2H])c([2H])c8c(oc9c([2H])c([2H])c([2H])c([2H])c98)c76)n5)c([2H])c([2H])c4c23)c([2H])c1[2H]. The molecule has 57 heavy (non-hydrogen) atoms. The van der Waals surface area contributed by atoms with Gasteiger partial charge in [-0.3, -0.25) is 4.57 Å². The number of aromatic nitrogens is 4. The van der Waals surface area contributed by atoms with Gasteiger partial charge in [0.15, 0.2) is 17.2 Å². The van der Waals surface area contributed by atoms with Gasteiger partial charge in [-0.05, 0) is 58.5 Å². The molecule has 0 unspecified atom stereocenters. The number of rotatable bonds is 5. The second-order valence-corrected chi connectivity index (χ2v) is 12.5. The van der Waals surface area contributed by atoms with Gasteiger partial charge in [-0.1, -0.05) is 145 Å². The van der Waals surface area contributed by atoms with Crippen molar-refractivity contribution in [1.82, 2.24) is 19.5 Å². The van der Waals surface area contributed by atoms with E-state index in [9.17, 15) is 15.1 Å². The summed E-state index contributed by atoms with van der Waals surface area (Å²) >= 11 is 0. The van der Waals surface area contributed by atoms with Crippen LogP contribution in [0.2, 0.25) is 0 Å². The normalized spacial score (nSPS) is 18.0. The van der Waals surface area contributed by atoms with Crippen molar-refractivity contribution in [2.45, 2.75) is 0 Å². The summed E-state index contributed by atoms with van der Waals surface area (Å²) < 4.78 is 238. The third kappa shape index (κ3) is 4.94. The molecule has 0 aliphatic rings. The molecule has 0 aliphatic heterocycles. The Kier molecular flexibility index (Phi) is 3.41. The van der Waals surface area contributed by atoms with Crippen LogP contribution in [0.4, 0.5) is 0 Å². The van der Waals surface area contributed by atoms with Crippen molar-refractivity contribution in [1.29, 1.82) is 0 Å². The molecule has 8 aromatic carbocycles. The molecule has 12 aromatic rings. The molecule has 4 heterocycles. The van der Waals surface area contributed by atoms with Crippen LogP contribution in [-0.2, 0) is 0 Å². The molecule has 0 aliphatic carbocycles. The Morgan fingerprint density at radius 2 is 1.12 bits per heavy atom. The molecule has 4 aromatic heterocycles. The predicted molar refractivity (Wildman–Crippen MR) is 230 cm³/mol. The van der Waals surface area contributed by atoms with Gasteiger partial charge in [0.1, 0.15) is 22.3 Å². The van der Waals surface area contributed by atoms with Gasteiger partial charge >= 0.3 is 0 Å². The zero-order valence-corrected chi connectivity index (χ0v) is 28.5. The summed E-state index contributed by atoms with van der Waals surface area (Å²) in [6.07, 6.45) is 0. The zero-order chi connectivity index (χ0) is 59.2. The first kappa shape index (κ1) is 15.7. The summed E-state index contributed by atoms with van der Waals surface area (Å²) in [5.74, 6) is -2.37. The summed E-state index contributed by atoms with van der Waals surface area (Å²) in [6, 6.07) is -11.7. The third-order valence-electron chi connectivity index (χ3n) is 9.24. The van der Waals surface area contributed by atoms with Gasteiger partial charge in [0.25, 0.3) is 0 Å². The van der Waals surface area contributed by atoms with Crippen molar-refractivity contribution in [3.05, 3.63) is 181 Å². The number of para-hydroxylation sites is 2. The van der Waals surface area contributed by atoms with Crippen molar-refractivity contribution in [2.24, 2.45) is 0 Å². The van der Waals surface area contributed by atoms with Crippen molar-refractivity contribution in [2.75, 3.05) is 0 Å². The fourth-order valence-electron chi connectivity index (χ4n) is 6.75. The molecule has 0 spiro atoms. The van der Waals surface area contributed by atoms with E-state index in [0.29, 0.717) is 0 Å². The first-order chi connectivity index (χ1) is 38.7. The molecule has 0 saturated heterocycles. The lowest BCUT2D eigenvalue weighted by atomic mass is 9.99. The highest BCUT2D eigenvalue weighted by Gasteiger charge is 2.22. The molecule has 0 amide bonds. The Morgan fingerprint density at radius 3 is 1.98 bits per heavy atom. The maximum atomic E-state index is 9.77. The smallest absolute Gasteiger partial charge is 0.238 e. The van der Waals surface area contributed by atoms with Gasteiger partial charge in [-0.15, -0.1) is 0 Å². The van der Waals surface area contributed by atoms with E-state index in [4.69, 9.17) is 28.0 Å². The van der Waals surface area contributed by atoms with E-state index in [1.54, 1.807) is 30.3 Å². The molecule has 6 nitrogen and oxygen atoms in total. The number of hydrogen-bond donors (Lipinski definition) is 0. The molecule has 0 fully saturated rings. The predicted octanol–water partition coefficient (Wildman–Crippen LogP) is 13.4. The minimum Gasteiger partial charge on any atom is -0.456 e. The van der Waals surface area contributed by atoms with Crippen LogP contribution < -0.4 is 0 Å². The maximum absolute atomic E-state index is 9.77. The molecule has 6 heteroatoms. The molecule has 0 radical (unpaired) electrons. The minimum absolute atomic E-state index is 0.151. The highest BCUT2D eigenvalue weighted by molar-refractivity contribution is 6.21. The van der Waals surface area contributed by atoms with Crippen molar-refractivity contribution in [3.63, 3.8) is 0 Å². The third-order valence-corrected chi connectivity index (χ3v) is 9.24. The average molecular weight is 756 g/mol. The lowest BCUT2D eigenvalue weighted by molar-refractivity contribution is 0.669. The first-order valence-corrected chi connectivity index (χ1v) is 17.0. The lowest BCUT2D eigenvalue weighted by Crippen LogP contribution is -2.06. The van der Waals surface area contributed by atoms with Crippen LogP contribution in [-0.4, -0.2) is 19.5 Å². The van der Waals surface area contributed by atoms with Gasteiger partial charge < -0.3 is 8.83 Å². The van der Waals surface area contributed by atoms with Crippen molar-refractivity contribution >= 4 is 65.7 Å². The molecule has 0 bridgehead atoms. The monoisotopic (exact) mass is 755 g/mol. The fourth-order valence-corrected chi connectivity index (χ4v) is 6.75. The van der Waals surface area contributed by atoms with Crippen molar-refractivity contribution < 1.29 is 43.1 Å². The number of fused-ring (bicyclic) bond motifs is 10. The Balaban J connectivity index is 1.28. The summed E-state index contributed by atoms with van der Waals surface area (Å²) in [5.41, 5.74) is -5.68. The van der Waals surface area contributed by atoms with E-state index in [1.165, 1.54) is 0 Å². The van der Waals surface area contributed by atoms with Crippen LogP contribution in [0.3, 0.4) is 0 Å². The molecule has 0 saturated carbocycles. The van der Waals surface area contributed by atoms with E-state index >= 15 is 0 Å². The number of nitrogens with zero attached hydrogens (tertiary/aromatic N) is 4. The van der Waals surface area contributed by atoms with E-state index in [-0.39, 0.29) is 21.9 Å². The van der Waals surface area contributed by atoms with E-state index < -0.39 is 246 Å². The van der Waals surface area contributed by atoms with E-state index in [1.807, 2.05) is 0 Å². The Morgan fingerprint density at radius 1 is 0.439 bits per heavy atom. The van der Waals surface area contributed by atoms with Gasteiger partial charge in [0.2, 0.25) is 5.95 Å². The number of benzene rings is 8. The molecule has 0 N–H and O–H groups in total. The quantitative estimate of drug-likeness (QED) is 0.175. The molecule has 0 atom stereocenters. The van der Waals surface area contributed by atoms with Gasteiger partial charge in [0, 0.05) is 43.4 Å². The van der Waals surface area contributed by atoms with Crippen molar-refractivity contribution in [3.8, 4) is 51.0 Å². The summed E-state index contributed by atoms with van der Waals surface area (Å²) in [4.78, 5) is 13.8. The van der Waals surface area contributed by atoms with Crippen LogP contribution in [0.15, 0.2) is 190 Å². The fraction of sp³-hybridized carbons (Fsp3) is 0. The van der Waals surface area contributed by atoms with Crippen LogP contribution >= 0.6 is 0 Å². The first-order valence-electron chi connectivity index (χ1n) is 29.5. The summed E-state index contributed by atoms with van der Waals surface area (Å²) in [6.45, 7) is 0. The van der Waals surface area contributed by atoms with Gasteiger partial charge in [0.05, 0.1) is 39.8 Å². The number of hydrogen-bond acceptors (Lipinski definition) is 5. The van der Waals surface area contributed by atoms with Crippen LogP contribution in [0.1, 0.15) is 34.3 Å². The summed E-state index contributed by atoms with van der Waals surface area (Å²) in [7, 11) is 0. The largest absolute Gasteiger partial charge is 0.456 e. The second-order valence-electron chi connectivity index (χ2n) is 12.5. The van der Waals surface area contributed by atoms with E-state index in [2.05, 4.69) is 15.0 Å². The van der Waals surface area contributed by atoms with E-state index in [0.717, 1.165) is 4.57 Å². The second kappa shape index (κ2) is 12.3. The topological polar surface area (TPSA) is 69.9 Å². The zero-order valence-electron chi connectivity index (χ0n) is 53.5. The number of furan rings is 2. The standard InChI is InChI=1S/C51H30N4O2/c1-3-12-31(13-4-1)32-22-24-34(25-23-32)49-52-50(35-26-27-41-45(30-35)56-44-21-11-18-36(46(41)44)33-14-5-2-6-15-33)54-51(53-49)55-42-19-9-7-16-37(42)39-28-29-40-38-17-8-10-20-43(38)57-48(40)47(39)55/h1-30H/i2D,5D,6D,7D,8D,9D,10D,11D,14D,15D,16D,17D,18D,19D,20D,21D,22D,23D,24D,25D,26D,27D,28D,29D,30D.